The standard InChI is InChI=1S/C15H9BN2O3/c17-8-10-5-6-12(7-11(10)9-18)20-15-13-3-1-2-4-14(13)16(19)21-15/h1-7,15,19H. The van der Waals surface area contributed by atoms with Gasteiger partial charge >= 0.3 is 7.12 Å². The predicted octanol–water partition coefficient (Wildman–Crippen LogP) is 1.23. The fourth-order valence-corrected chi connectivity index (χ4v) is 2.22. The van der Waals surface area contributed by atoms with Gasteiger partial charge in [0.25, 0.3) is 0 Å². The van der Waals surface area contributed by atoms with Gasteiger partial charge in [-0.25, -0.2) is 0 Å². The maximum Gasteiger partial charge on any atom is 0.494 e. The maximum absolute atomic E-state index is 9.82. The molecule has 0 aliphatic carbocycles. The van der Waals surface area contributed by atoms with Gasteiger partial charge in [0.1, 0.15) is 17.9 Å². The Hall–Kier alpha value is -2.80. The van der Waals surface area contributed by atoms with E-state index in [1.54, 1.807) is 12.1 Å². The molecule has 0 amide bonds. The van der Waals surface area contributed by atoms with E-state index in [0.29, 0.717) is 11.2 Å². The molecular weight excluding hydrogens is 267 g/mol. The number of nitriles is 2. The van der Waals surface area contributed by atoms with Gasteiger partial charge in [-0.2, -0.15) is 10.5 Å². The zero-order valence-corrected chi connectivity index (χ0v) is 10.9. The van der Waals surface area contributed by atoms with Crippen molar-refractivity contribution in [2.24, 2.45) is 0 Å². The van der Waals surface area contributed by atoms with Crippen molar-refractivity contribution in [1.29, 1.82) is 10.5 Å². The average molecular weight is 276 g/mol. The second-order valence-corrected chi connectivity index (χ2v) is 4.50. The molecule has 5 nitrogen and oxygen atoms in total. The van der Waals surface area contributed by atoms with E-state index in [-0.39, 0.29) is 11.1 Å². The van der Waals surface area contributed by atoms with Gasteiger partial charge in [0, 0.05) is 5.56 Å². The highest BCUT2D eigenvalue weighted by Crippen LogP contribution is 2.28. The summed E-state index contributed by atoms with van der Waals surface area (Å²) >= 11 is 0. The minimum Gasteiger partial charge on any atom is -0.462 e. The third kappa shape index (κ3) is 2.34. The number of nitrogens with zero attached hydrogens (tertiary/aromatic N) is 2. The van der Waals surface area contributed by atoms with Crippen LogP contribution in [0.4, 0.5) is 0 Å². The first-order valence-electron chi connectivity index (χ1n) is 6.26. The zero-order chi connectivity index (χ0) is 14.8. The highest BCUT2D eigenvalue weighted by Gasteiger charge is 2.36. The van der Waals surface area contributed by atoms with Crippen molar-refractivity contribution >= 4 is 12.6 Å². The van der Waals surface area contributed by atoms with E-state index in [9.17, 15) is 5.02 Å². The van der Waals surface area contributed by atoms with Crippen LogP contribution in [0.5, 0.6) is 5.75 Å². The Morgan fingerprint density at radius 1 is 1.10 bits per heavy atom. The van der Waals surface area contributed by atoms with E-state index in [4.69, 9.17) is 19.9 Å². The first kappa shape index (κ1) is 13.2. The molecule has 2 aromatic rings. The van der Waals surface area contributed by atoms with Crippen LogP contribution < -0.4 is 10.2 Å². The lowest BCUT2D eigenvalue weighted by atomic mass is 9.80. The molecule has 1 N–H and O–H groups in total. The lowest BCUT2D eigenvalue weighted by Crippen LogP contribution is -2.27. The van der Waals surface area contributed by atoms with Crippen molar-refractivity contribution in [3.8, 4) is 17.9 Å². The molecule has 6 heteroatoms. The lowest BCUT2D eigenvalue weighted by molar-refractivity contribution is 0.000871. The predicted molar refractivity (Wildman–Crippen MR) is 74.4 cm³/mol. The Labute approximate surface area is 121 Å². The Morgan fingerprint density at radius 3 is 2.62 bits per heavy atom. The molecule has 0 bridgehead atoms. The third-order valence-corrected chi connectivity index (χ3v) is 3.24. The van der Waals surface area contributed by atoms with E-state index in [2.05, 4.69) is 0 Å². The fraction of sp³-hybridized carbons (Fsp3) is 0.0667. The lowest BCUT2D eigenvalue weighted by Gasteiger charge is -2.15. The molecule has 0 saturated heterocycles. The van der Waals surface area contributed by atoms with Gasteiger partial charge in [0.05, 0.1) is 11.1 Å². The van der Waals surface area contributed by atoms with Crippen LogP contribution in [0.15, 0.2) is 42.5 Å². The van der Waals surface area contributed by atoms with Crippen molar-refractivity contribution in [3.63, 3.8) is 0 Å². The van der Waals surface area contributed by atoms with E-state index < -0.39 is 13.4 Å². The first-order chi connectivity index (χ1) is 10.2. The smallest absolute Gasteiger partial charge is 0.462 e. The number of hydrogen-bond donors (Lipinski definition) is 1. The minimum atomic E-state index is -1.03. The van der Waals surface area contributed by atoms with E-state index in [1.165, 1.54) is 12.1 Å². The summed E-state index contributed by atoms with van der Waals surface area (Å²) in [6.07, 6.45) is -0.740. The molecule has 1 aliphatic rings. The number of benzene rings is 2. The van der Waals surface area contributed by atoms with Gasteiger partial charge in [-0.3, -0.25) is 0 Å². The summed E-state index contributed by atoms with van der Waals surface area (Å²) in [5.74, 6) is 0.402. The van der Waals surface area contributed by atoms with Crippen molar-refractivity contribution in [2.45, 2.75) is 6.29 Å². The van der Waals surface area contributed by atoms with E-state index in [1.807, 2.05) is 30.3 Å². The summed E-state index contributed by atoms with van der Waals surface area (Å²) < 4.78 is 11.0. The van der Waals surface area contributed by atoms with Gasteiger partial charge in [0.2, 0.25) is 6.29 Å². The molecule has 0 aromatic heterocycles. The highest BCUT2D eigenvalue weighted by atomic mass is 16.7. The molecule has 1 unspecified atom stereocenters. The molecule has 2 aromatic carbocycles. The average Bonchev–Trinajstić information content (AvgIpc) is 2.84. The molecule has 0 fully saturated rings. The number of rotatable bonds is 2. The normalized spacial score (nSPS) is 16.0. The molecular formula is C15H9BN2O3. The number of hydrogen-bond acceptors (Lipinski definition) is 5. The molecule has 0 saturated carbocycles. The Kier molecular flexibility index (Phi) is 3.33. The van der Waals surface area contributed by atoms with Crippen LogP contribution in [0.2, 0.25) is 0 Å². The molecule has 0 spiro atoms. The maximum atomic E-state index is 9.82. The topological polar surface area (TPSA) is 86.3 Å². The van der Waals surface area contributed by atoms with Crippen molar-refractivity contribution in [2.75, 3.05) is 0 Å². The van der Waals surface area contributed by atoms with E-state index in [0.717, 1.165) is 5.56 Å². The zero-order valence-electron chi connectivity index (χ0n) is 10.9. The molecule has 0 radical (unpaired) electrons. The van der Waals surface area contributed by atoms with Gasteiger partial charge < -0.3 is 14.4 Å². The van der Waals surface area contributed by atoms with Crippen LogP contribution in [-0.4, -0.2) is 12.1 Å². The summed E-state index contributed by atoms with van der Waals surface area (Å²) in [6, 6.07) is 15.7. The van der Waals surface area contributed by atoms with Crippen LogP contribution in [0.1, 0.15) is 23.0 Å². The number of fused-ring (bicyclic) bond motifs is 1. The van der Waals surface area contributed by atoms with Gasteiger partial charge in [-0.05, 0) is 23.7 Å². The van der Waals surface area contributed by atoms with Crippen molar-refractivity contribution in [3.05, 3.63) is 59.2 Å². The van der Waals surface area contributed by atoms with E-state index >= 15 is 0 Å². The Balaban J connectivity index is 1.89. The monoisotopic (exact) mass is 276 g/mol. The molecule has 21 heavy (non-hydrogen) atoms. The molecule has 1 heterocycles. The van der Waals surface area contributed by atoms with Crippen LogP contribution in [0.25, 0.3) is 0 Å². The molecule has 1 atom stereocenters. The van der Waals surface area contributed by atoms with Crippen molar-refractivity contribution in [1.82, 2.24) is 0 Å². The fourth-order valence-electron chi connectivity index (χ4n) is 2.22. The minimum absolute atomic E-state index is 0.238. The summed E-state index contributed by atoms with van der Waals surface area (Å²) in [7, 11) is -1.03. The summed E-state index contributed by atoms with van der Waals surface area (Å²) in [6.45, 7) is 0. The SMILES string of the molecule is N#Cc1ccc(OC2OB(O)c3ccccc32)cc1C#N. The molecule has 1 aliphatic heterocycles. The Morgan fingerprint density at radius 2 is 1.86 bits per heavy atom. The first-order valence-corrected chi connectivity index (χ1v) is 6.26. The third-order valence-electron chi connectivity index (χ3n) is 3.24. The van der Waals surface area contributed by atoms with Crippen LogP contribution in [0, 0.1) is 22.7 Å². The second kappa shape index (κ2) is 5.30. The van der Waals surface area contributed by atoms with Gasteiger partial charge in [-0.15, -0.1) is 0 Å². The summed E-state index contributed by atoms with van der Waals surface area (Å²) in [5, 5.41) is 27.7. The van der Waals surface area contributed by atoms with Crippen LogP contribution >= 0.6 is 0 Å². The summed E-state index contributed by atoms with van der Waals surface area (Å²) in [5.41, 5.74) is 1.93. The molecule has 3 rings (SSSR count). The largest absolute Gasteiger partial charge is 0.494 e. The van der Waals surface area contributed by atoms with Gasteiger partial charge in [0.15, 0.2) is 0 Å². The van der Waals surface area contributed by atoms with Crippen LogP contribution in [-0.2, 0) is 4.65 Å². The van der Waals surface area contributed by atoms with Crippen LogP contribution in [0.3, 0.4) is 0 Å². The Bertz CT molecular complexity index is 779. The highest BCUT2D eigenvalue weighted by molar-refractivity contribution is 6.61. The molecule has 100 valence electrons. The quantitative estimate of drug-likeness (QED) is 0.833. The van der Waals surface area contributed by atoms with Gasteiger partial charge in [-0.1, -0.05) is 24.3 Å². The summed E-state index contributed by atoms with van der Waals surface area (Å²) in [4.78, 5) is 0. The second-order valence-electron chi connectivity index (χ2n) is 4.50. The number of ether oxygens (including phenoxy) is 1. The van der Waals surface area contributed by atoms with Crippen molar-refractivity contribution < 1.29 is 14.4 Å².